The molecular formula is C19H23FN2O3S. The van der Waals surface area contributed by atoms with Gasteiger partial charge in [-0.05, 0) is 45.0 Å². The molecule has 1 aromatic carbocycles. The number of amides is 1. The van der Waals surface area contributed by atoms with Crippen LogP contribution in [-0.2, 0) is 17.1 Å². The lowest BCUT2D eigenvalue weighted by Gasteiger charge is -2.22. The fourth-order valence-corrected chi connectivity index (χ4v) is 3.21. The van der Waals surface area contributed by atoms with Gasteiger partial charge in [0.05, 0.1) is 13.3 Å². The maximum absolute atomic E-state index is 13.0. The van der Waals surface area contributed by atoms with Crippen molar-refractivity contribution in [3.63, 3.8) is 0 Å². The Morgan fingerprint density at radius 3 is 2.50 bits per heavy atom. The van der Waals surface area contributed by atoms with E-state index in [1.807, 2.05) is 20.8 Å². The molecule has 0 radical (unpaired) electrons. The van der Waals surface area contributed by atoms with Gasteiger partial charge < -0.3 is 14.6 Å². The molecule has 0 spiro atoms. The first-order valence-corrected chi connectivity index (χ1v) is 9.13. The van der Waals surface area contributed by atoms with Crippen LogP contribution in [0.3, 0.4) is 0 Å². The molecule has 1 aromatic heterocycles. The number of benzene rings is 1. The van der Waals surface area contributed by atoms with E-state index in [9.17, 15) is 14.0 Å². The van der Waals surface area contributed by atoms with Crippen molar-refractivity contribution < 1.29 is 13.9 Å². The summed E-state index contributed by atoms with van der Waals surface area (Å²) in [5, 5.41) is 2.90. The minimum atomic E-state index is -0.344. The summed E-state index contributed by atoms with van der Waals surface area (Å²) in [7, 11) is 1.42. The molecule has 1 N–H and O–H groups in total. The van der Waals surface area contributed by atoms with Crippen LogP contribution in [0.4, 0.5) is 4.39 Å². The Bertz CT molecular complexity index is 826. The molecule has 1 heterocycles. The molecule has 1 amide bonds. The highest BCUT2D eigenvalue weighted by Gasteiger charge is 2.16. The number of rotatable bonds is 6. The SMILES string of the molecule is COc1cn(CC(=O)NC(C)(C)C)c(CSc2ccc(F)cc2)cc1=O. The summed E-state index contributed by atoms with van der Waals surface area (Å²) < 4.78 is 19.8. The van der Waals surface area contributed by atoms with E-state index in [0.717, 1.165) is 4.90 Å². The lowest BCUT2D eigenvalue weighted by atomic mass is 10.1. The van der Waals surface area contributed by atoms with Crippen LogP contribution in [0.2, 0.25) is 0 Å². The molecule has 0 bridgehead atoms. The van der Waals surface area contributed by atoms with Crippen molar-refractivity contribution >= 4 is 17.7 Å². The molecule has 2 rings (SSSR count). The summed E-state index contributed by atoms with van der Waals surface area (Å²) in [6.07, 6.45) is 1.55. The summed E-state index contributed by atoms with van der Waals surface area (Å²) in [6, 6.07) is 7.61. The Hall–Kier alpha value is -2.28. The van der Waals surface area contributed by atoms with Crippen LogP contribution in [0, 0.1) is 5.82 Å². The van der Waals surface area contributed by atoms with E-state index in [1.54, 1.807) is 22.9 Å². The highest BCUT2D eigenvalue weighted by Crippen LogP contribution is 2.23. The van der Waals surface area contributed by atoms with E-state index in [1.165, 1.54) is 37.1 Å². The van der Waals surface area contributed by atoms with Crippen molar-refractivity contribution in [2.75, 3.05) is 7.11 Å². The first-order valence-electron chi connectivity index (χ1n) is 8.14. The van der Waals surface area contributed by atoms with Crippen molar-refractivity contribution in [1.29, 1.82) is 0 Å². The number of ether oxygens (including phenoxy) is 1. The third-order valence-corrected chi connectivity index (χ3v) is 4.48. The maximum atomic E-state index is 13.0. The fourth-order valence-electron chi connectivity index (χ4n) is 2.32. The van der Waals surface area contributed by atoms with Crippen LogP contribution in [0.5, 0.6) is 5.75 Å². The largest absolute Gasteiger partial charge is 0.491 e. The molecule has 7 heteroatoms. The molecule has 0 unspecified atom stereocenters. The van der Waals surface area contributed by atoms with Gasteiger partial charge in [0, 0.05) is 27.9 Å². The Labute approximate surface area is 156 Å². The Balaban J connectivity index is 2.22. The van der Waals surface area contributed by atoms with E-state index < -0.39 is 0 Å². The van der Waals surface area contributed by atoms with E-state index in [4.69, 9.17) is 4.74 Å². The van der Waals surface area contributed by atoms with Gasteiger partial charge in [-0.2, -0.15) is 0 Å². The van der Waals surface area contributed by atoms with Crippen LogP contribution >= 0.6 is 11.8 Å². The third kappa shape index (κ3) is 5.91. The molecular weight excluding hydrogens is 355 g/mol. The lowest BCUT2D eigenvalue weighted by molar-refractivity contribution is -0.123. The quantitative estimate of drug-likeness (QED) is 0.784. The topological polar surface area (TPSA) is 60.3 Å². The van der Waals surface area contributed by atoms with Gasteiger partial charge in [0.15, 0.2) is 5.75 Å². The van der Waals surface area contributed by atoms with E-state index in [2.05, 4.69) is 5.32 Å². The summed E-state index contributed by atoms with van der Waals surface area (Å²) in [4.78, 5) is 25.2. The van der Waals surface area contributed by atoms with Gasteiger partial charge in [-0.15, -0.1) is 11.8 Å². The maximum Gasteiger partial charge on any atom is 0.240 e. The molecule has 0 aliphatic rings. The van der Waals surface area contributed by atoms with Gasteiger partial charge in [0.2, 0.25) is 11.3 Å². The average molecular weight is 378 g/mol. The second kappa shape index (κ2) is 8.40. The molecule has 26 heavy (non-hydrogen) atoms. The van der Waals surface area contributed by atoms with Crippen LogP contribution < -0.4 is 15.5 Å². The van der Waals surface area contributed by atoms with Crippen LogP contribution in [0.25, 0.3) is 0 Å². The number of halogens is 1. The number of pyridine rings is 1. The fraction of sp³-hybridized carbons (Fsp3) is 0.368. The first kappa shape index (κ1) is 20.0. The lowest BCUT2D eigenvalue weighted by Crippen LogP contribution is -2.42. The Morgan fingerprint density at radius 2 is 1.92 bits per heavy atom. The minimum absolute atomic E-state index is 0.0766. The zero-order chi connectivity index (χ0) is 19.3. The highest BCUT2D eigenvalue weighted by molar-refractivity contribution is 7.98. The van der Waals surface area contributed by atoms with Crippen molar-refractivity contribution in [1.82, 2.24) is 9.88 Å². The van der Waals surface area contributed by atoms with Gasteiger partial charge in [0.25, 0.3) is 0 Å². The standard InChI is InChI=1S/C19H23FN2O3S/c1-19(2,3)21-18(24)11-22-10-17(25-4)16(23)9-14(22)12-26-15-7-5-13(20)6-8-15/h5-10H,11-12H2,1-4H3,(H,21,24). The molecule has 2 aromatic rings. The number of methoxy groups -OCH3 is 1. The number of hydrogen-bond donors (Lipinski definition) is 1. The molecule has 0 aliphatic heterocycles. The van der Waals surface area contributed by atoms with Crippen molar-refractivity contribution in [3.05, 3.63) is 58.3 Å². The molecule has 0 atom stereocenters. The molecule has 0 saturated carbocycles. The number of carbonyl (C=O) groups is 1. The second-order valence-corrected chi connectivity index (χ2v) is 7.91. The second-order valence-electron chi connectivity index (χ2n) is 6.87. The number of aromatic nitrogens is 1. The monoisotopic (exact) mass is 378 g/mol. The zero-order valence-corrected chi connectivity index (χ0v) is 16.2. The van der Waals surface area contributed by atoms with Gasteiger partial charge >= 0.3 is 0 Å². The predicted octanol–water partition coefficient (Wildman–Crippen LogP) is 3.20. The van der Waals surface area contributed by atoms with Crippen LogP contribution in [0.1, 0.15) is 26.5 Å². The van der Waals surface area contributed by atoms with E-state index in [0.29, 0.717) is 11.4 Å². The number of nitrogens with one attached hydrogen (secondary N) is 1. The first-order chi connectivity index (χ1) is 12.2. The number of nitrogens with zero attached hydrogens (tertiary/aromatic N) is 1. The Morgan fingerprint density at radius 1 is 1.27 bits per heavy atom. The Kier molecular flexibility index (Phi) is 6.47. The van der Waals surface area contributed by atoms with Gasteiger partial charge in [-0.25, -0.2) is 4.39 Å². The summed E-state index contributed by atoms with van der Waals surface area (Å²) in [5.74, 6) is 0.197. The number of carbonyl (C=O) groups excluding carboxylic acids is 1. The number of hydrogen-bond acceptors (Lipinski definition) is 4. The van der Waals surface area contributed by atoms with Gasteiger partial charge in [-0.3, -0.25) is 9.59 Å². The molecule has 5 nitrogen and oxygen atoms in total. The minimum Gasteiger partial charge on any atom is -0.491 e. The van der Waals surface area contributed by atoms with Crippen molar-refractivity contribution in [2.24, 2.45) is 0 Å². The van der Waals surface area contributed by atoms with Gasteiger partial charge in [0.1, 0.15) is 12.4 Å². The summed E-state index contributed by atoms with van der Waals surface area (Å²) >= 11 is 1.46. The zero-order valence-electron chi connectivity index (χ0n) is 15.3. The summed E-state index contributed by atoms with van der Waals surface area (Å²) in [5.41, 5.74) is 0.104. The van der Waals surface area contributed by atoms with Crippen LogP contribution in [0.15, 0.2) is 46.2 Å². The highest BCUT2D eigenvalue weighted by atomic mass is 32.2. The van der Waals surface area contributed by atoms with Crippen molar-refractivity contribution in [3.8, 4) is 5.75 Å². The molecule has 0 aliphatic carbocycles. The van der Waals surface area contributed by atoms with E-state index in [-0.39, 0.29) is 35.0 Å². The molecule has 0 saturated heterocycles. The van der Waals surface area contributed by atoms with E-state index >= 15 is 0 Å². The van der Waals surface area contributed by atoms with Crippen LogP contribution in [-0.4, -0.2) is 23.1 Å². The molecule has 140 valence electrons. The normalized spacial score (nSPS) is 11.3. The molecule has 0 fully saturated rings. The average Bonchev–Trinajstić information content (AvgIpc) is 2.54. The third-order valence-electron chi connectivity index (χ3n) is 3.43. The van der Waals surface area contributed by atoms with Gasteiger partial charge in [-0.1, -0.05) is 0 Å². The predicted molar refractivity (Wildman–Crippen MR) is 101 cm³/mol. The number of thioether (sulfide) groups is 1. The summed E-state index contributed by atoms with van der Waals surface area (Å²) in [6.45, 7) is 5.79. The van der Waals surface area contributed by atoms with Crippen molar-refractivity contribution in [2.45, 2.75) is 43.5 Å². The smallest absolute Gasteiger partial charge is 0.240 e.